The van der Waals surface area contributed by atoms with E-state index in [1.54, 1.807) is 30.9 Å². The molecule has 36 heavy (non-hydrogen) atoms. The van der Waals surface area contributed by atoms with Crippen molar-refractivity contribution in [3.8, 4) is 33.9 Å². The summed E-state index contributed by atoms with van der Waals surface area (Å²) >= 11 is 0. The van der Waals surface area contributed by atoms with Gasteiger partial charge in [0.25, 0.3) is 0 Å². The minimum absolute atomic E-state index is 0.168. The molecule has 5 aromatic heterocycles. The van der Waals surface area contributed by atoms with Crippen molar-refractivity contribution in [2.24, 2.45) is 5.73 Å². The molecule has 0 bridgehead atoms. The van der Waals surface area contributed by atoms with Gasteiger partial charge in [0.05, 0.1) is 23.5 Å². The number of aromatic nitrogens is 8. The van der Waals surface area contributed by atoms with Crippen LogP contribution in [0, 0.1) is 5.82 Å². The summed E-state index contributed by atoms with van der Waals surface area (Å²) in [5, 5.41) is 8.20. The second-order valence-electron chi connectivity index (χ2n) is 8.77. The maximum atomic E-state index is 13.9. The third-order valence-electron chi connectivity index (χ3n) is 6.31. The van der Waals surface area contributed by atoms with Gasteiger partial charge in [0.15, 0.2) is 17.1 Å². The van der Waals surface area contributed by atoms with Gasteiger partial charge in [-0.25, -0.2) is 24.3 Å². The summed E-state index contributed by atoms with van der Waals surface area (Å²) in [6.07, 6.45) is 6.86. The highest BCUT2D eigenvalue weighted by atomic mass is 19.1. The van der Waals surface area contributed by atoms with Crippen LogP contribution in [0.1, 0.15) is 0 Å². The Balaban J connectivity index is 1.31. The molecule has 6 heterocycles. The summed E-state index contributed by atoms with van der Waals surface area (Å²) in [6.45, 7) is 1.53. The van der Waals surface area contributed by atoms with Crippen LogP contribution in [0.5, 0.6) is 0 Å². The molecule has 1 aliphatic heterocycles. The first-order chi connectivity index (χ1) is 17.6. The van der Waals surface area contributed by atoms with Crippen LogP contribution in [0.3, 0.4) is 0 Å². The minimum atomic E-state index is -0.311. The van der Waals surface area contributed by atoms with Crippen molar-refractivity contribution in [1.29, 1.82) is 0 Å². The van der Waals surface area contributed by atoms with E-state index in [1.807, 2.05) is 18.2 Å². The van der Waals surface area contributed by atoms with Crippen molar-refractivity contribution in [3.63, 3.8) is 0 Å². The molecule has 1 saturated heterocycles. The minimum Gasteiger partial charge on any atom is -0.352 e. The zero-order valence-corrected chi connectivity index (χ0v) is 18.9. The number of anilines is 1. The second-order valence-corrected chi connectivity index (χ2v) is 8.77. The monoisotopic (exact) mass is 478 g/mol. The molecule has 11 heteroatoms. The second kappa shape index (κ2) is 7.89. The number of benzene rings is 1. The van der Waals surface area contributed by atoms with Gasteiger partial charge in [-0.05, 0) is 29.8 Å². The van der Waals surface area contributed by atoms with Crippen molar-refractivity contribution in [1.82, 2.24) is 40.1 Å². The zero-order valence-electron chi connectivity index (χ0n) is 18.9. The van der Waals surface area contributed by atoms with Crippen molar-refractivity contribution in [2.75, 3.05) is 18.0 Å². The Bertz CT molecular complexity index is 1750. The van der Waals surface area contributed by atoms with Crippen molar-refractivity contribution >= 4 is 28.0 Å². The highest BCUT2D eigenvalue weighted by molar-refractivity contribution is 5.95. The Labute approximate surface area is 203 Å². The standard InChI is InChI=1S/C25H19FN10/c26-15-3-1-2-13(6-15)17-4-5-29-24-21(17)32-25(33-24)22-18-7-14(8-30-23(18)35-34-22)19-9-28-10-20(31-19)36-11-16(27)12-36/h1-10,16H,11-12,27H2,(H,29,32,33)(H,30,34,35). The summed E-state index contributed by atoms with van der Waals surface area (Å²) in [6, 6.07) is 10.4. The van der Waals surface area contributed by atoms with Crippen LogP contribution in [-0.2, 0) is 0 Å². The average Bonchev–Trinajstić information content (AvgIpc) is 3.50. The number of rotatable bonds is 4. The molecule has 4 N–H and O–H groups in total. The third-order valence-corrected chi connectivity index (χ3v) is 6.31. The number of halogens is 1. The molecule has 176 valence electrons. The van der Waals surface area contributed by atoms with Gasteiger partial charge in [-0.2, -0.15) is 5.10 Å². The molecule has 7 rings (SSSR count). The molecule has 10 nitrogen and oxygen atoms in total. The van der Waals surface area contributed by atoms with E-state index in [0.717, 1.165) is 41.0 Å². The maximum Gasteiger partial charge on any atom is 0.161 e. The highest BCUT2D eigenvalue weighted by Crippen LogP contribution is 2.32. The summed E-state index contributed by atoms with van der Waals surface area (Å²) in [7, 11) is 0. The molecule has 1 fully saturated rings. The zero-order chi connectivity index (χ0) is 24.2. The Morgan fingerprint density at radius 2 is 1.89 bits per heavy atom. The molecule has 0 aliphatic carbocycles. The van der Waals surface area contributed by atoms with Crippen LogP contribution < -0.4 is 10.6 Å². The fraction of sp³-hybridized carbons (Fsp3) is 0.120. The topological polar surface area (TPSA) is 138 Å². The molecular weight excluding hydrogens is 459 g/mol. The maximum absolute atomic E-state index is 13.9. The summed E-state index contributed by atoms with van der Waals surface area (Å²) in [5.41, 5.74) is 11.3. The SMILES string of the molecule is NC1CN(c2cncc(-c3cnc4[nH]nc(-c5nc6c(-c7cccc(F)c7)ccnc6[nH]5)c4c3)n2)C1. The van der Waals surface area contributed by atoms with Crippen LogP contribution in [0.15, 0.2) is 61.2 Å². The van der Waals surface area contributed by atoms with Gasteiger partial charge in [-0.1, -0.05) is 12.1 Å². The van der Waals surface area contributed by atoms with Crippen LogP contribution in [0.2, 0.25) is 0 Å². The molecule has 0 unspecified atom stereocenters. The van der Waals surface area contributed by atoms with Crippen LogP contribution in [0.25, 0.3) is 56.1 Å². The predicted molar refractivity (Wildman–Crippen MR) is 133 cm³/mol. The number of pyridine rings is 2. The van der Waals surface area contributed by atoms with Gasteiger partial charge >= 0.3 is 0 Å². The van der Waals surface area contributed by atoms with E-state index >= 15 is 0 Å². The van der Waals surface area contributed by atoms with E-state index < -0.39 is 0 Å². The first-order valence-electron chi connectivity index (χ1n) is 11.4. The van der Waals surface area contributed by atoms with E-state index in [4.69, 9.17) is 15.7 Å². The number of aromatic amines is 2. The van der Waals surface area contributed by atoms with Gasteiger partial charge in [0.1, 0.15) is 22.8 Å². The Morgan fingerprint density at radius 3 is 2.75 bits per heavy atom. The Hall–Kier alpha value is -4.77. The largest absolute Gasteiger partial charge is 0.352 e. The molecule has 1 aliphatic rings. The lowest BCUT2D eigenvalue weighted by molar-refractivity contribution is 0.514. The van der Waals surface area contributed by atoms with Crippen molar-refractivity contribution in [2.45, 2.75) is 6.04 Å². The number of nitrogens with zero attached hydrogens (tertiary/aromatic N) is 7. The van der Waals surface area contributed by atoms with Crippen LogP contribution in [0.4, 0.5) is 10.2 Å². The third kappa shape index (κ3) is 3.36. The Morgan fingerprint density at radius 1 is 0.972 bits per heavy atom. The van der Waals surface area contributed by atoms with Gasteiger partial charge in [-0.15, -0.1) is 0 Å². The molecular formula is C25H19FN10. The number of H-pyrrole nitrogens is 2. The smallest absolute Gasteiger partial charge is 0.161 e. The van der Waals surface area contributed by atoms with Gasteiger partial charge in [0.2, 0.25) is 0 Å². The quantitative estimate of drug-likeness (QED) is 0.351. The highest BCUT2D eigenvalue weighted by Gasteiger charge is 2.25. The van der Waals surface area contributed by atoms with E-state index in [2.05, 4.69) is 35.0 Å². The Kier molecular flexibility index (Phi) is 4.51. The van der Waals surface area contributed by atoms with E-state index in [1.165, 1.54) is 12.1 Å². The van der Waals surface area contributed by atoms with E-state index in [0.29, 0.717) is 34.0 Å². The number of fused-ring (bicyclic) bond motifs is 2. The van der Waals surface area contributed by atoms with Crippen molar-refractivity contribution < 1.29 is 4.39 Å². The fourth-order valence-corrected chi connectivity index (χ4v) is 4.48. The number of nitrogens with one attached hydrogen (secondary N) is 2. The normalized spacial score (nSPS) is 14.0. The molecule has 1 aromatic carbocycles. The summed E-state index contributed by atoms with van der Waals surface area (Å²) < 4.78 is 13.9. The lowest BCUT2D eigenvalue weighted by atomic mass is 10.1. The van der Waals surface area contributed by atoms with E-state index in [9.17, 15) is 4.39 Å². The summed E-state index contributed by atoms with van der Waals surface area (Å²) in [5.74, 6) is 1.00. The summed E-state index contributed by atoms with van der Waals surface area (Å²) in [4.78, 5) is 28.2. The first kappa shape index (κ1) is 20.6. The molecule has 0 amide bonds. The van der Waals surface area contributed by atoms with Gasteiger partial charge in [0, 0.05) is 42.7 Å². The lowest BCUT2D eigenvalue weighted by Gasteiger charge is -2.37. The number of hydrogen-bond donors (Lipinski definition) is 3. The molecule has 0 saturated carbocycles. The molecule has 6 aromatic rings. The number of nitrogens with two attached hydrogens (primary N) is 1. The van der Waals surface area contributed by atoms with Crippen molar-refractivity contribution in [3.05, 3.63) is 67.0 Å². The van der Waals surface area contributed by atoms with E-state index in [-0.39, 0.29) is 11.9 Å². The fourth-order valence-electron chi connectivity index (χ4n) is 4.48. The van der Waals surface area contributed by atoms with Gasteiger partial charge in [-0.3, -0.25) is 10.1 Å². The molecule has 0 radical (unpaired) electrons. The average molecular weight is 478 g/mol. The first-order valence-corrected chi connectivity index (χ1v) is 11.4. The van der Waals surface area contributed by atoms with Crippen LogP contribution in [-0.4, -0.2) is 59.2 Å². The predicted octanol–water partition coefficient (Wildman–Crippen LogP) is 3.31. The molecule has 0 spiro atoms. The molecule has 0 atom stereocenters. The van der Waals surface area contributed by atoms with Crippen LogP contribution >= 0.6 is 0 Å². The number of imidazole rings is 1. The lowest BCUT2D eigenvalue weighted by Crippen LogP contribution is -2.56. The number of hydrogen-bond acceptors (Lipinski definition) is 8. The van der Waals surface area contributed by atoms with Gasteiger partial charge < -0.3 is 15.6 Å².